The van der Waals surface area contributed by atoms with Crippen LogP contribution in [0, 0.1) is 56.7 Å². The zero-order valence-corrected chi connectivity index (χ0v) is 22.8. The van der Waals surface area contributed by atoms with Crippen LogP contribution in [0.2, 0.25) is 0 Å². The Morgan fingerprint density at radius 2 is 1.71 bits per heavy atom. The Bertz CT molecular complexity index is 922. The van der Waals surface area contributed by atoms with E-state index in [0.717, 1.165) is 12.5 Å². The first-order valence-corrected chi connectivity index (χ1v) is 14.2. The topological polar surface area (TPSA) is 38.8 Å². The lowest BCUT2D eigenvalue weighted by atomic mass is 9.32. The summed E-state index contributed by atoms with van der Waals surface area (Å²) in [4.78, 5) is 13.2. The molecule has 3 nitrogen and oxygen atoms in total. The number of fused-ring (bicyclic) bond motifs is 9. The summed E-state index contributed by atoms with van der Waals surface area (Å²) in [5, 5.41) is 0. The molecule has 6 rings (SSSR count). The average Bonchev–Trinajstić information content (AvgIpc) is 3.49. The molecule has 11 atom stereocenters. The SMILES string of the molecule is C=C(C)[C@@H]1CC[C@]2(COC)CC[C@]3(C)[C@H](CC[C@@H]4[C@@]5(C)[C@H]6O[C@H]6C(=O)C(C)(C)[C@@H]5CC[C@]43C)[C@@H]12. The number of rotatable bonds is 3. The van der Waals surface area contributed by atoms with E-state index >= 15 is 0 Å². The van der Waals surface area contributed by atoms with Gasteiger partial charge < -0.3 is 9.47 Å². The van der Waals surface area contributed by atoms with Crippen LogP contribution in [0.3, 0.4) is 0 Å². The summed E-state index contributed by atoms with van der Waals surface area (Å²) < 4.78 is 12.2. The van der Waals surface area contributed by atoms with Crippen LogP contribution in [-0.2, 0) is 14.3 Å². The third kappa shape index (κ3) is 2.55. The van der Waals surface area contributed by atoms with Gasteiger partial charge in [0.25, 0.3) is 0 Å². The second-order valence-electron chi connectivity index (χ2n) is 14.9. The van der Waals surface area contributed by atoms with Gasteiger partial charge in [0.05, 0.1) is 12.7 Å². The molecule has 0 aromatic carbocycles. The van der Waals surface area contributed by atoms with E-state index in [-0.39, 0.29) is 23.0 Å². The minimum Gasteiger partial charge on any atom is -0.384 e. The number of carbonyl (C=O) groups excluding carboxylic acids is 1. The Labute approximate surface area is 207 Å². The zero-order chi connectivity index (χ0) is 24.5. The van der Waals surface area contributed by atoms with Gasteiger partial charge in [-0.3, -0.25) is 4.79 Å². The molecule has 0 bridgehead atoms. The normalized spacial score (nSPS) is 57.0. The van der Waals surface area contributed by atoms with Gasteiger partial charge in [-0.15, -0.1) is 0 Å². The molecule has 5 saturated carbocycles. The number of hydrogen-bond donors (Lipinski definition) is 0. The van der Waals surface area contributed by atoms with Crippen molar-refractivity contribution in [2.45, 2.75) is 105 Å². The summed E-state index contributed by atoms with van der Waals surface area (Å²) in [7, 11) is 1.91. The van der Waals surface area contributed by atoms with Crippen molar-refractivity contribution in [3.05, 3.63) is 12.2 Å². The highest BCUT2D eigenvalue weighted by molar-refractivity contribution is 5.92. The van der Waals surface area contributed by atoms with E-state index < -0.39 is 0 Å². The van der Waals surface area contributed by atoms with Gasteiger partial charge in [0, 0.05) is 17.9 Å². The van der Waals surface area contributed by atoms with Crippen molar-refractivity contribution in [2.75, 3.05) is 13.7 Å². The van der Waals surface area contributed by atoms with Crippen LogP contribution in [0.25, 0.3) is 0 Å². The number of epoxide rings is 1. The van der Waals surface area contributed by atoms with E-state index in [1.54, 1.807) is 0 Å². The van der Waals surface area contributed by atoms with Gasteiger partial charge in [0.2, 0.25) is 0 Å². The molecule has 3 heteroatoms. The lowest BCUT2D eigenvalue weighted by Crippen LogP contribution is -2.68. The molecule has 6 fully saturated rings. The fourth-order valence-electron chi connectivity index (χ4n) is 12.0. The molecule has 5 aliphatic carbocycles. The van der Waals surface area contributed by atoms with Crippen molar-refractivity contribution < 1.29 is 14.3 Å². The number of allylic oxidation sites excluding steroid dienone is 1. The molecule has 1 heterocycles. The van der Waals surface area contributed by atoms with Crippen molar-refractivity contribution in [3.63, 3.8) is 0 Å². The minimum atomic E-state index is -0.262. The number of methoxy groups -OCH3 is 1. The van der Waals surface area contributed by atoms with Crippen LogP contribution in [0.5, 0.6) is 0 Å². The Kier molecular flexibility index (Phi) is 4.88. The summed E-state index contributed by atoms with van der Waals surface area (Å²) in [6.45, 7) is 20.0. The monoisotopic (exact) mass is 468 g/mol. The summed E-state index contributed by atoms with van der Waals surface area (Å²) in [6.07, 6.45) is 10.3. The van der Waals surface area contributed by atoms with Crippen molar-refractivity contribution in [3.8, 4) is 0 Å². The Balaban J connectivity index is 1.41. The first-order chi connectivity index (χ1) is 15.9. The number of ether oxygens (including phenoxy) is 2. The van der Waals surface area contributed by atoms with Gasteiger partial charge in [-0.05, 0) is 104 Å². The fourth-order valence-corrected chi connectivity index (χ4v) is 12.0. The van der Waals surface area contributed by atoms with Crippen LogP contribution in [0.4, 0.5) is 0 Å². The Morgan fingerprint density at radius 3 is 2.38 bits per heavy atom. The fraction of sp³-hybridized carbons (Fsp3) is 0.903. The molecule has 190 valence electrons. The summed E-state index contributed by atoms with van der Waals surface area (Å²) in [5.41, 5.74) is 2.24. The summed E-state index contributed by atoms with van der Waals surface area (Å²) in [5.74, 6) is 3.56. The highest BCUT2D eigenvalue weighted by Gasteiger charge is 2.77. The van der Waals surface area contributed by atoms with Gasteiger partial charge in [0.15, 0.2) is 5.78 Å². The molecule has 1 aliphatic heterocycles. The lowest BCUT2D eigenvalue weighted by molar-refractivity contribution is -0.236. The average molecular weight is 469 g/mol. The van der Waals surface area contributed by atoms with E-state index in [4.69, 9.17) is 9.47 Å². The van der Waals surface area contributed by atoms with E-state index in [1.807, 2.05) is 7.11 Å². The first-order valence-electron chi connectivity index (χ1n) is 14.2. The molecule has 0 N–H and O–H groups in total. The number of carbonyl (C=O) groups is 1. The summed E-state index contributed by atoms with van der Waals surface area (Å²) >= 11 is 0. The number of ketones is 1. The van der Waals surface area contributed by atoms with Crippen LogP contribution in [0.15, 0.2) is 12.2 Å². The number of Topliss-reactive ketones (excluding diaryl/α,β-unsaturated/α-hetero) is 1. The van der Waals surface area contributed by atoms with Crippen LogP contribution in [-0.4, -0.2) is 31.7 Å². The van der Waals surface area contributed by atoms with E-state index in [9.17, 15) is 4.79 Å². The largest absolute Gasteiger partial charge is 0.384 e. The Hall–Kier alpha value is -0.670. The first kappa shape index (κ1) is 23.7. The predicted molar refractivity (Wildman–Crippen MR) is 135 cm³/mol. The maximum absolute atomic E-state index is 13.2. The smallest absolute Gasteiger partial charge is 0.170 e. The van der Waals surface area contributed by atoms with Gasteiger partial charge >= 0.3 is 0 Å². The van der Waals surface area contributed by atoms with E-state index in [2.05, 4.69) is 48.1 Å². The molecular formula is C31H48O3. The molecule has 0 aromatic heterocycles. The molecule has 6 aliphatic rings. The molecule has 1 saturated heterocycles. The van der Waals surface area contributed by atoms with Gasteiger partial charge in [0.1, 0.15) is 6.10 Å². The van der Waals surface area contributed by atoms with Gasteiger partial charge in [-0.1, -0.05) is 46.8 Å². The van der Waals surface area contributed by atoms with Crippen molar-refractivity contribution in [1.82, 2.24) is 0 Å². The predicted octanol–water partition coefficient (Wildman–Crippen LogP) is 6.85. The minimum absolute atomic E-state index is 0.119. The molecule has 0 spiro atoms. The van der Waals surface area contributed by atoms with Crippen LogP contribution >= 0.6 is 0 Å². The third-order valence-corrected chi connectivity index (χ3v) is 13.7. The highest BCUT2D eigenvalue weighted by atomic mass is 16.6. The Morgan fingerprint density at radius 1 is 0.971 bits per heavy atom. The van der Waals surface area contributed by atoms with Gasteiger partial charge in [-0.25, -0.2) is 0 Å². The van der Waals surface area contributed by atoms with E-state index in [1.165, 1.54) is 56.9 Å². The van der Waals surface area contributed by atoms with Crippen LogP contribution in [0.1, 0.15) is 92.9 Å². The molecule has 0 unspecified atom stereocenters. The second-order valence-corrected chi connectivity index (χ2v) is 14.9. The van der Waals surface area contributed by atoms with E-state index in [0.29, 0.717) is 45.7 Å². The molecule has 0 aromatic rings. The highest BCUT2D eigenvalue weighted by Crippen LogP contribution is 2.78. The molecule has 0 radical (unpaired) electrons. The van der Waals surface area contributed by atoms with Crippen LogP contribution < -0.4 is 0 Å². The third-order valence-electron chi connectivity index (χ3n) is 13.7. The zero-order valence-electron chi connectivity index (χ0n) is 22.8. The standard InChI is InChI=1S/C31H48O3/c1-18(2)19-11-14-31(17-33-8)16-15-28(5)20(23(19)31)9-10-22-29(28,6)13-12-21-27(3,4)25(32)24-26(34-24)30(21,22)7/h19-24,26H,1,9-17H2,2-8H3/t19-,20+,21-,22-,23+,24-,26-,28+,29+,30-,31+/m0/s1. The summed E-state index contributed by atoms with van der Waals surface area (Å²) in [6, 6.07) is 0. The van der Waals surface area contributed by atoms with Crippen molar-refractivity contribution >= 4 is 5.78 Å². The lowest BCUT2D eigenvalue weighted by Gasteiger charge is -2.72. The van der Waals surface area contributed by atoms with Gasteiger partial charge in [-0.2, -0.15) is 0 Å². The second kappa shape index (κ2) is 7.00. The maximum Gasteiger partial charge on any atom is 0.170 e. The van der Waals surface area contributed by atoms with Crippen molar-refractivity contribution in [1.29, 1.82) is 0 Å². The maximum atomic E-state index is 13.2. The molecular weight excluding hydrogens is 420 g/mol. The molecule has 0 amide bonds. The molecule has 34 heavy (non-hydrogen) atoms. The quantitative estimate of drug-likeness (QED) is 0.336. The van der Waals surface area contributed by atoms with Crippen molar-refractivity contribution in [2.24, 2.45) is 56.7 Å². The number of hydrogen-bond acceptors (Lipinski definition) is 3.